The predicted molar refractivity (Wildman–Crippen MR) is 105 cm³/mol. The first-order valence-electron chi connectivity index (χ1n) is 8.38. The van der Waals surface area contributed by atoms with Crippen LogP contribution in [0.3, 0.4) is 0 Å². The van der Waals surface area contributed by atoms with Crippen molar-refractivity contribution in [3.05, 3.63) is 22.4 Å². The summed E-state index contributed by atoms with van der Waals surface area (Å²) in [4.78, 5) is 19.2. The maximum Gasteiger partial charge on any atom is 0.243 e. The summed E-state index contributed by atoms with van der Waals surface area (Å²) in [6.07, 6.45) is 6.72. The Morgan fingerprint density at radius 3 is 2.92 bits per heavy atom. The second-order valence-electron chi connectivity index (χ2n) is 6.22. The lowest BCUT2D eigenvalue weighted by Crippen LogP contribution is -2.44. The Labute approximate surface area is 153 Å². The van der Waals surface area contributed by atoms with E-state index in [-0.39, 0.29) is 12.5 Å². The monoisotopic (exact) mass is 368 g/mol. The van der Waals surface area contributed by atoms with E-state index in [2.05, 4.69) is 39.4 Å². The van der Waals surface area contributed by atoms with Gasteiger partial charge in [-0.25, -0.2) is 4.99 Å². The van der Waals surface area contributed by atoms with Gasteiger partial charge in [0.05, 0.1) is 0 Å². The second-order valence-corrected chi connectivity index (χ2v) is 8.39. The summed E-state index contributed by atoms with van der Waals surface area (Å²) >= 11 is 3.71. The number of hydrogen-bond donors (Lipinski definition) is 2. The van der Waals surface area contributed by atoms with Crippen LogP contribution < -0.4 is 10.6 Å². The van der Waals surface area contributed by atoms with Crippen LogP contribution in [-0.4, -0.2) is 61.5 Å². The maximum absolute atomic E-state index is 11.8. The third-order valence-corrected chi connectivity index (χ3v) is 6.20. The Morgan fingerprint density at radius 1 is 1.46 bits per heavy atom. The van der Waals surface area contributed by atoms with Gasteiger partial charge < -0.3 is 15.5 Å². The van der Waals surface area contributed by atoms with Crippen LogP contribution in [0.5, 0.6) is 0 Å². The van der Waals surface area contributed by atoms with Crippen molar-refractivity contribution in [2.24, 2.45) is 4.99 Å². The Morgan fingerprint density at radius 2 is 2.29 bits per heavy atom. The molecule has 0 radical (unpaired) electrons. The van der Waals surface area contributed by atoms with Gasteiger partial charge in [-0.05, 0) is 43.4 Å². The van der Waals surface area contributed by atoms with Crippen molar-refractivity contribution < 1.29 is 4.79 Å². The van der Waals surface area contributed by atoms with E-state index in [4.69, 9.17) is 0 Å². The molecule has 5 nitrogen and oxygen atoms in total. The molecular weight excluding hydrogens is 340 g/mol. The van der Waals surface area contributed by atoms with E-state index >= 15 is 0 Å². The van der Waals surface area contributed by atoms with E-state index in [0.717, 1.165) is 30.6 Å². The minimum Gasteiger partial charge on any atom is -0.356 e. The number of aliphatic imine (C=N–C) groups is 1. The third-order valence-electron chi connectivity index (χ3n) is 4.17. The van der Waals surface area contributed by atoms with Crippen LogP contribution in [0, 0.1) is 0 Å². The molecule has 134 valence electrons. The largest absolute Gasteiger partial charge is 0.356 e. The van der Waals surface area contributed by atoms with E-state index < -0.39 is 0 Å². The van der Waals surface area contributed by atoms with Crippen LogP contribution in [0.2, 0.25) is 0 Å². The molecule has 0 saturated heterocycles. The molecule has 24 heavy (non-hydrogen) atoms. The number of hydrogen-bond acceptors (Lipinski definition) is 4. The third kappa shape index (κ3) is 6.36. The number of guanidine groups is 1. The number of rotatable bonds is 7. The summed E-state index contributed by atoms with van der Waals surface area (Å²) < 4.78 is 0. The molecule has 2 N–H and O–H groups in total. The minimum atomic E-state index is 0.0165. The van der Waals surface area contributed by atoms with Gasteiger partial charge in [0.2, 0.25) is 5.91 Å². The molecule has 2 atom stereocenters. The lowest BCUT2D eigenvalue weighted by molar-refractivity contribution is -0.127. The molecule has 7 heteroatoms. The van der Waals surface area contributed by atoms with Gasteiger partial charge in [-0.1, -0.05) is 6.07 Å². The Bertz CT molecular complexity index is 531. The average molecular weight is 369 g/mol. The fraction of sp³-hybridized carbons (Fsp3) is 0.647. The Hall–Kier alpha value is -1.21. The van der Waals surface area contributed by atoms with Gasteiger partial charge in [-0.3, -0.25) is 4.79 Å². The van der Waals surface area contributed by atoms with Crippen molar-refractivity contribution >= 4 is 35.0 Å². The van der Waals surface area contributed by atoms with Crippen LogP contribution in [0.1, 0.15) is 24.1 Å². The molecule has 1 aliphatic carbocycles. The number of nitrogens with one attached hydrogen (secondary N) is 2. The van der Waals surface area contributed by atoms with Crippen molar-refractivity contribution in [2.45, 2.75) is 37.0 Å². The van der Waals surface area contributed by atoms with Crippen molar-refractivity contribution in [3.8, 4) is 0 Å². The highest BCUT2D eigenvalue weighted by atomic mass is 32.2. The molecule has 0 aliphatic heterocycles. The summed E-state index contributed by atoms with van der Waals surface area (Å²) in [7, 11) is 3.52. The van der Waals surface area contributed by atoms with Crippen molar-refractivity contribution in [2.75, 3.05) is 33.4 Å². The molecule has 1 aromatic heterocycles. The SMILES string of the molecule is CSC1CCC(NC(=NCC(=O)N(C)C)NCCc2cccs2)C1. The molecular formula is C17H28N4OS2. The van der Waals surface area contributed by atoms with E-state index in [1.54, 1.807) is 30.3 Å². The first-order valence-corrected chi connectivity index (χ1v) is 10.6. The fourth-order valence-electron chi connectivity index (χ4n) is 2.68. The van der Waals surface area contributed by atoms with Gasteiger partial charge in [0.15, 0.2) is 5.96 Å². The van der Waals surface area contributed by atoms with Gasteiger partial charge in [0.25, 0.3) is 0 Å². The number of carbonyl (C=O) groups is 1. The molecule has 0 bridgehead atoms. The van der Waals surface area contributed by atoms with Crippen LogP contribution in [0.4, 0.5) is 0 Å². The average Bonchev–Trinajstić information content (AvgIpc) is 3.23. The van der Waals surface area contributed by atoms with E-state index in [1.165, 1.54) is 17.7 Å². The van der Waals surface area contributed by atoms with Crippen molar-refractivity contribution in [1.29, 1.82) is 0 Å². The van der Waals surface area contributed by atoms with Crippen molar-refractivity contribution in [1.82, 2.24) is 15.5 Å². The molecule has 0 aromatic carbocycles. The standard InChI is InChI=1S/C17H28N4OS2/c1-21(2)16(22)12-19-17(18-9-8-14-5-4-10-24-14)20-13-6-7-15(11-13)23-3/h4-5,10,13,15H,6-9,11-12H2,1-3H3,(H2,18,19,20). The zero-order valence-electron chi connectivity index (χ0n) is 14.7. The lowest BCUT2D eigenvalue weighted by Gasteiger charge is -2.18. The molecule has 1 saturated carbocycles. The number of amides is 1. The van der Waals surface area contributed by atoms with Gasteiger partial charge in [0.1, 0.15) is 6.54 Å². The summed E-state index contributed by atoms with van der Waals surface area (Å²) in [5.41, 5.74) is 0. The molecule has 1 aliphatic rings. The molecule has 0 spiro atoms. The summed E-state index contributed by atoms with van der Waals surface area (Å²) in [5.74, 6) is 0.774. The van der Waals surface area contributed by atoms with Crippen LogP contribution in [-0.2, 0) is 11.2 Å². The highest BCUT2D eigenvalue weighted by Crippen LogP contribution is 2.28. The molecule has 1 amide bonds. The van der Waals surface area contributed by atoms with Crippen LogP contribution >= 0.6 is 23.1 Å². The second kappa shape index (κ2) is 9.93. The predicted octanol–water partition coefficient (Wildman–Crippen LogP) is 2.20. The van der Waals surface area contributed by atoms with Gasteiger partial charge in [0, 0.05) is 36.8 Å². The van der Waals surface area contributed by atoms with Crippen molar-refractivity contribution in [3.63, 3.8) is 0 Å². The number of thiophene rings is 1. The topological polar surface area (TPSA) is 56.7 Å². The molecule has 1 fully saturated rings. The summed E-state index contributed by atoms with van der Waals surface area (Å²) in [6.45, 7) is 1.00. The van der Waals surface area contributed by atoms with Gasteiger partial charge in [-0.15, -0.1) is 11.3 Å². The van der Waals surface area contributed by atoms with Gasteiger partial charge in [-0.2, -0.15) is 11.8 Å². The lowest BCUT2D eigenvalue weighted by atomic mass is 10.2. The van der Waals surface area contributed by atoms with Crippen LogP contribution in [0.25, 0.3) is 0 Å². The Kier molecular flexibility index (Phi) is 7.91. The first-order chi connectivity index (χ1) is 11.6. The number of thioether (sulfide) groups is 1. The zero-order valence-corrected chi connectivity index (χ0v) is 16.4. The quantitative estimate of drug-likeness (QED) is 0.572. The molecule has 1 aromatic rings. The zero-order chi connectivity index (χ0) is 17.4. The summed E-state index contributed by atoms with van der Waals surface area (Å²) in [6, 6.07) is 4.67. The number of nitrogens with zero attached hydrogens (tertiary/aromatic N) is 2. The normalized spacial score (nSPS) is 20.9. The van der Waals surface area contributed by atoms with E-state index in [0.29, 0.717) is 6.04 Å². The minimum absolute atomic E-state index is 0.0165. The van der Waals surface area contributed by atoms with Crippen LogP contribution in [0.15, 0.2) is 22.5 Å². The Balaban J connectivity index is 1.87. The van der Waals surface area contributed by atoms with E-state index in [1.807, 2.05) is 11.8 Å². The highest BCUT2D eigenvalue weighted by Gasteiger charge is 2.24. The molecule has 1 heterocycles. The number of likely N-dealkylation sites (N-methyl/N-ethyl adjacent to an activating group) is 1. The maximum atomic E-state index is 11.8. The smallest absolute Gasteiger partial charge is 0.243 e. The molecule has 2 unspecified atom stereocenters. The number of carbonyl (C=O) groups excluding carboxylic acids is 1. The molecule has 2 rings (SSSR count). The fourth-order valence-corrected chi connectivity index (χ4v) is 4.18. The van der Waals surface area contributed by atoms with E-state index in [9.17, 15) is 4.79 Å². The first kappa shape index (κ1) is 19.1. The summed E-state index contributed by atoms with van der Waals surface area (Å²) in [5, 5.41) is 9.72. The van der Waals surface area contributed by atoms with Gasteiger partial charge >= 0.3 is 0 Å². The highest BCUT2D eigenvalue weighted by molar-refractivity contribution is 7.99.